The molecule has 1 spiro atoms. The Morgan fingerprint density at radius 3 is 2.57 bits per heavy atom. The third-order valence-corrected chi connectivity index (χ3v) is 13.5. The standard InChI is InChI=1S/C40H49F2NO4/c1-24-6-5-16-39(4)32(15-17-40(39)23-43(37(46)47-40)22-27-9-11-28-21-33(27)38(28,2)3)30-13-8-25(18-29(44)12-7-24)19-31(30)36(45)26-10-14-34(41)35(42)20-26/h6,8,10,13-14,19-20,27-29,32-33,44H,5,7,9,11-12,15-18,21-23H2,1-4H3/t27-,28-,29-,32-,33-,39-,40+/m0/s1. The van der Waals surface area contributed by atoms with Crippen LogP contribution in [0, 0.1) is 40.2 Å². The molecule has 7 aliphatic rings. The highest BCUT2D eigenvalue weighted by Crippen LogP contribution is 2.64. The van der Waals surface area contributed by atoms with E-state index in [2.05, 4.69) is 33.8 Å². The maximum absolute atomic E-state index is 14.3. The topological polar surface area (TPSA) is 66.8 Å². The number of carbonyl (C=O) groups excluding carboxylic acids is 2. The van der Waals surface area contributed by atoms with Gasteiger partial charge in [-0.15, -0.1) is 0 Å². The summed E-state index contributed by atoms with van der Waals surface area (Å²) in [5, 5.41) is 10.9. The van der Waals surface area contributed by atoms with Crippen molar-refractivity contribution in [3.63, 3.8) is 0 Å². The zero-order valence-electron chi connectivity index (χ0n) is 28.3. The molecular weight excluding hydrogens is 596 g/mol. The average molecular weight is 646 g/mol. The van der Waals surface area contributed by atoms with Crippen molar-refractivity contribution in [2.45, 2.75) is 110 Å². The smallest absolute Gasteiger partial charge is 0.410 e. The predicted molar refractivity (Wildman–Crippen MR) is 177 cm³/mol. The Balaban J connectivity index is 1.26. The number of nitrogens with zero attached hydrogens (tertiary/aromatic N) is 1. The molecule has 0 unspecified atom stereocenters. The van der Waals surface area contributed by atoms with E-state index in [0.29, 0.717) is 48.6 Å². The molecule has 252 valence electrons. The molecule has 1 aliphatic heterocycles. The summed E-state index contributed by atoms with van der Waals surface area (Å²) in [5.74, 6) is -0.601. The predicted octanol–water partition coefficient (Wildman–Crippen LogP) is 8.77. The van der Waals surface area contributed by atoms with Gasteiger partial charge in [0.25, 0.3) is 0 Å². The van der Waals surface area contributed by atoms with Gasteiger partial charge in [-0.25, -0.2) is 13.6 Å². The normalized spacial score (nSPS) is 34.8. The van der Waals surface area contributed by atoms with E-state index in [0.717, 1.165) is 67.8 Å². The first-order chi connectivity index (χ1) is 22.3. The number of ketones is 1. The number of hydrogen-bond donors (Lipinski definition) is 1. The molecule has 7 heteroatoms. The fraction of sp³-hybridized carbons (Fsp3) is 0.600. The first kappa shape index (κ1) is 32.5. The number of halogens is 2. The average Bonchev–Trinajstić information content (AvgIpc) is 3.50. The molecule has 0 aromatic heterocycles. The molecule has 7 atom stereocenters. The molecule has 0 radical (unpaired) electrons. The van der Waals surface area contributed by atoms with Crippen LogP contribution in [0.15, 0.2) is 48.0 Å². The van der Waals surface area contributed by atoms with E-state index in [9.17, 15) is 23.5 Å². The van der Waals surface area contributed by atoms with Crippen LogP contribution in [0.3, 0.4) is 0 Å². The molecule has 5 fully saturated rings. The molecule has 5 nitrogen and oxygen atoms in total. The molecule has 6 aliphatic carbocycles. The fourth-order valence-corrected chi connectivity index (χ4v) is 10.4. The maximum Gasteiger partial charge on any atom is 0.410 e. The Labute approximate surface area is 277 Å². The van der Waals surface area contributed by atoms with Gasteiger partial charge in [0, 0.05) is 23.1 Å². The van der Waals surface area contributed by atoms with Gasteiger partial charge in [0.05, 0.1) is 12.6 Å². The number of rotatable bonds is 4. The second-order valence-corrected chi connectivity index (χ2v) is 16.3. The van der Waals surface area contributed by atoms with Crippen LogP contribution in [-0.4, -0.2) is 46.7 Å². The van der Waals surface area contributed by atoms with Crippen molar-refractivity contribution >= 4 is 11.9 Å². The molecular formula is C40H49F2NO4. The number of fused-ring (bicyclic) bond motifs is 10. The van der Waals surface area contributed by atoms with Crippen LogP contribution in [0.25, 0.3) is 0 Å². The molecule has 1 N–H and O–H groups in total. The SMILES string of the molecule is CC1=CCC[C@@]2(C)[C@@H](CC[C@@]23CN(C[C@@H]2CC[C@H]4C[C@@H]2C4(C)C)C(=O)O3)c2ccc(cc2C(=O)c2ccc(F)c(F)c2)C[C@@H](O)CC1. The summed E-state index contributed by atoms with van der Waals surface area (Å²) >= 11 is 0. The Bertz CT molecular complexity index is 1620. The number of aliphatic hydroxyl groups is 1. The van der Waals surface area contributed by atoms with Crippen molar-refractivity contribution in [3.05, 3.63) is 81.9 Å². The van der Waals surface area contributed by atoms with Crippen molar-refractivity contribution in [2.24, 2.45) is 28.6 Å². The highest BCUT2D eigenvalue weighted by atomic mass is 19.2. The van der Waals surface area contributed by atoms with Crippen LogP contribution >= 0.6 is 0 Å². The summed E-state index contributed by atoms with van der Waals surface area (Å²) in [4.78, 5) is 29.9. The summed E-state index contributed by atoms with van der Waals surface area (Å²) in [5.41, 5.74) is 2.61. The fourth-order valence-electron chi connectivity index (χ4n) is 10.4. The van der Waals surface area contributed by atoms with Crippen LogP contribution in [0.5, 0.6) is 0 Å². The van der Waals surface area contributed by atoms with E-state index in [1.165, 1.54) is 24.5 Å². The van der Waals surface area contributed by atoms with E-state index < -0.39 is 28.8 Å². The number of amides is 1. The highest BCUT2D eigenvalue weighted by Gasteiger charge is 2.64. The second kappa shape index (κ2) is 11.8. The molecule has 1 saturated heterocycles. The minimum Gasteiger partial charge on any atom is -0.440 e. The molecule has 4 bridgehead atoms. The Hall–Kier alpha value is -3.06. The van der Waals surface area contributed by atoms with Crippen molar-refractivity contribution in [3.8, 4) is 0 Å². The summed E-state index contributed by atoms with van der Waals surface area (Å²) in [7, 11) is 0. The number of hydrogen-bond acceptors (Lipinski definition) is 4. The number of ether oxygens (including phenoxy) is 1. The molecule has 47 heavy (non-hydrogen) atoms. The first-order valence-corrected chi connectivity index (χ1v) is 17.8. The van der Waals surface area contributed by atoms with Gasteiger partial charge in [-0.3, -0.25) is 4.79 Å². The largest absolute Gasteiger partial charge is 0.440 e. The summed E-state index contributed by atoms with van der Waals surface area (Å²) in [6.45, 7) is 10.4. The number of carbonyl (C=O) groups is 2. The van der Waals surface area contributed by atoms with E-state index in [1.807, 2.05) is 23.1 Å². The van der Waals surface area contributed by atoms with Gasteiger partial charge in [0.1, 0.15) is 5.60 Å². The molecule has 1 heterocycles. The van der Waals surface area contributed by atoms with E-state index in [4.69, 9.17) is 4.74 Å². The highest BCUT2D eigenvalue weighted by molar-refractivity contribution is 6.10. The zero-order chi connectivity index (χ0) is 33.3. The van der Waals surface area contributed by atoms with E-state index in [1.54, 1.807) is 0 Å². The summed E-state index contributed by atoms with van der Waals surface area (Å²) in [6.07, 6.45) is 9.88. The van der Waals surface area contributed by atoms with Crippen molar-refractivity contribution in [2.75, 3.05) is 13.1 Å². The number of aliphatic hydroxyl groups excluding tert-OH is 1. The van der Waals surface area contributed by atoms with E-state index in [-0.39, 0.29) is 23.4 Å². The zero-order valence-corrected chi connectivity index (χ0v) is 28.3. The third-order valence-electron chi connectivity index (χ3n) is 13.5. The van der Waals surface area contributed by atoms with Gasteiger partial charge in [-0.1, -0.05) is 44.6 Å². The third kappa shape index (κ3) is 5.45. The Kier molecular flexibility index (Phi) is 8.17. The van der Waals surface area contributed by atoms with Crippen molar-refractivity contribution in [1.82, 2.24) is 4.90 Å². The van der Waals surface area contributed by atoms with Crippen LogP contribution < -0.4 is 0 Å². The van der Waals surface area contributed by atoms with Crippen molar-refractivity contribution < 1.29 is 28.2 Å². The molecule has 9 rings (SSSR count). The minimum atomic E-state index is -1.06. The molecule has 2 aromatic carbocycles. The lowest BCUT2D eigenvalue weighted by atomic mass is 9.45. The van der Waals surface area contributed by atoms with Gasteiger partial charge in [0.2, 0.25) is 0 Å². The van der Waals surface area contributed by atoms with Gasteiger partial charge in [-0.2, -0.15) is 0 Å². The monoisotopic (exact) mass is 645 g/mol. The van der Waals surface area contributed by atoms with Crippen LogP contribution in [0.1, 0.15) is 118 Å². The van der Waals surface area contributed by atoms with Gasteiger partial charge >= 0.3 is 6.09 Å². The summed E-state index contributed by atoms with van der Waals surface area (Å²) in [6, 6.07) is 9.12. The Morgan fingerprint density at radius 1 is 1.02 bits per heavy atom. The first-order valence-electron chi connectivity index (χ1n) is 17.8. The van der Waals surface area contributed by atoms with E-state index >= 15 is 0 Å². The lowest BCUT2D eigenvalue weighted by Crippen LogP contribution is -2.55. The van der Waals surface area contributed by atoms with Gasteiger partial charge < -0.3 is 14.7 Å². The molecule has 2 aromatic rings. The van der Waals surface area contributed by atoms with Gasteiger partial charge in [0.15, 0.2) is 17.4 Å². The van der Waals surface area contributed by atoms with Crippen LogP contribution in [-0.2, 0) is 11.2 Å². The van der Waals surface area contributed by atoms with Gasteiger partial charge in [-0.05, 0) is 136 Å². The lowest BCUT2D eigenvalue weighted by Gasteiger charge is -2.60. The molecule has 4 saturated carbocycles. The summed E-state index contributed by atoms with van der Waals surface area (Å²) < 4.78 is 34.8. The lowest BCUT2D eigenvalue weighted by molar-refractivity contribution is -0.109. The van der Waals surface area contributed by atoms with Crippen molar-refractivity contribution in [1.29, 1.82) is 0 Å². The Morgan fingerprint density at radius 2 is 1.83 bits per heavy atom. The quantitative estimate of drug-likeness (QED) is 0.267. The minimum absolute atomic E-state index is 0.0871. The maximum atomic E-state index is 14.3. The molecule has 1 amide bonds. The number of benzene rings is 2. The number of allylic oxidation sites excluding steroid dienone is 2. The second-order valence-electron chi connectivity index (χ2n) is 16.3. The van der Waals surface area contributed by atoms with Crippen LogP contribution in [0.4, 0.5) is 13.6 Å². The van der Waals surface area contributed by atoms with Crippen LogP contribution in [0.2, 0.25) is 0 Å².